The van der Waals surface area contributed by atoms with Gasteiger partial charge in [0.25, 0.3) is 0 Å². The topological polar surface area (TPSA) is 54.0 Å². The number of nitrogens with zero attached hydrogens (tertiary/aromatic N) is 1. The molecule has 1 atom stereocenters. The number of hydrogen-bond donors (Lipinski definition) is 2. The lowest BCUT2D eigenvalue weighted by atomic mass is 9.91. The number of aromatic nitrogens is 1. The Kier molecular flexibility index (Phi) is 4.81. The highest BCUT2D eigenvalue weighted by molar-refractivity contribution is 9.10. The minimum absolute atomic E-state index is 0.0198. The number of carbonyl (C=O) groups is 1. The van der Waals surface area contributed by atoms with Crippen LogP contribution >= 0.6 is 27.5 Å². The highest BCUT2D eigenvalue weighted by atomic mass is 79.9. The second-order valence-corrected chi connectivity index (χ2v) is 6.08. The summed E-state index contributed by atoms with van der Waals surface area (Å²) in [5.74, 6) is -0.0198. The normalized spacial score (nSPS) is 22.5. The Morgan fingerprint density at radius 3 is 3.11 bits per heavy atom. The zero-order valence-electron chi connectivity index (χ0n) is 10.8. The first-order chi connectivity index (χ1) is 9.07. The fourth-order valence-electron chi connectivity index (χ4n) is 2.51. The van der Waals surface area contributed by atoms with Gasteiger partial charge in [-0.1, -0.05) is 24.9 Å². The molecule has 0 bridgehead atoms. The molecule has 1 aromatic rings. The molecule has 0 aliphatic carbocycles. The van der Waals surface area contributed by atoms with Crippen molar-refractivity contribution in [3.05, 3.63) is 21.9 Å². The maximum absolute atomic E-state index is 12.5. The zero-order chi connectivity index (χ0) is 13.9. The van der Waals surface area contributed by atoms with Crippen LogP contribution in [0.5, 0.6) is 0 Å². The minimum atomic E-state index is -0.458. The van der Waals surface area contributed by atoms with E-state index < -0.39 is 5.54 Å². The van der Waals surface area contributed by atoms with E-state index in [2.05, 4.69) is 38.5 Å². The standard InChI is InChI=1S/C13H17BrClN3O/c1-2-4-13(5-3-6-17-13)12(19)18-10-7-9(14)8-16-11(10)15/h7-8,17H,2-6H2,1H3,(H,18,19). The molecule has 1 aliphatic heterocycles. The molecule has 104 valence electrons. The number of rotatable bonds is 4. The molecule has 2 rings (SSSR count). The molecule has 0 saturated carbocycles. The van der Waals surface area contributed by atoms with E-state index >= 15 is 0 Å². The van der Waals surface area contributed by atoms with Crippen LogP contribution < -0.4 is 10.6 Å². The third kappa shape index (κ3) is 3.27. The monoisotopic (exact) mass is 345 g/mol. The van der Waals surface area contributed by atoms with Crippen molar-refractivity contribution in [1.29, 1.82) is 0 Å². The van der Waals surface area contributed by atoms with Crippen LogP contribution in [0, 0.1) is 0 Å². The van der Waals surface area contributed by atoms with Gasteiger partial charge in [-0.2, -0.15) is 0 Å². The second kappa shape index (κ2) is 6.20. The highest BCUT2D eigenvalue weighted by Crippen LogP contribution is 2.29. The third-order valence-corrected chi connectivity index (χ3v) is 4.14. The first-order valence-electron chi connectivity index (χ1n) is 6.45. The molecule has 1 aliphatic rings. The van der Waals surface area contributed by atoms with E-state index in [1.54, 1.807) is 12.3 Å². The fourth-order valence-corrected chi connectivity index (χ4v) is 2.99. The molecule has 2 heterocycles. The SMILES string of the molecule is CCCC1(C(=O)Nc2cc(Br)cnc2Cl)CCCN1. The van der Waals surface area contributed by atoms with Gasteiger partial charge in [0, 0.05) is 10.7 Å². The number of anilines is 1. The van der Waals surface area contributed by atoms with Crippen LogP contribution in [0.4, 0.5) is 5.69 Å². The summed E-state index contributed by atoms with van der Waals surface area (Å²) >= 11 is 9.33. The number of amides is 1. The molecule has 1 aromatic heterocycles. The van der Waals surface area contributed by atoms with E-state index in [1.807, 2.05) is 0 Å². The molecule has 0 radical (unpaired) electrons. The summed E-state index contributed by atoms with van der Waals surface area (Å²) < 4.78 is 0.788. The molecular weight excluding hydrogens is 330 g/mol. The first-order valence-corrected chi connectivity index (χ1v) is 7.62. The predicted octanol–water partition coefficient (Wildman–Crippen LogP) is 3.36. The summed E-state index contributed by atoms with van der Waals surface area (Å²) in [6.07, 6.45) is 5.29. The van der Waals surface area contributed by atoms with Crippen molar-refractivity contribution in [1.82, 2.24) is 10.3 Å². The number of hydrogen-bond acceptors (Lipinski definition) is 3. The van der Waals surface area contributed by atoms with Gasteiger partial charge in [0.15, 0.2) is 5.15 Å². The van der Waals surface area contributed by atoms with Crippen LogP contribution in [0.2, 0.25) is 5.15 Å². The Morgan fingerprint density at radius 2 is 2.47 bits per heavy atom. The van der Waals surface area contributed by atoms with Gasteiger partial charge >= 0.3 is 0 Å². The van der Waals surface area contributed by atoms with Crippen molar-refractivity contribution < 1.29 is 4.79 Å². The maximum atomic E-state index is 12.5. The Balaban J connectivity index is 2.17. The Bertz CT molecular complexity index is 475. The first kappa shape index (κ1) is 14.8. The van der Waals surface area contributed by atoms with E-state index in [4.69, 9.17) is 11.6 Å². The van der Waals surface area contributed by atoms with Crippen LogP contribution in [-0.2, 0) is 4.79 Å². The predicted molar refractivity (Wildman–Crippen MR) is 80.5 cm³/mol. The van der Waals surface area contributed by atoms with Gasteiger partial charge in [0.2, 0.25) is 5.91 Å². The van der Waals surface area contributed by atoms with Gasteiger partial charge in [-0.05, 0) is 47.8 Å². The number of pyridine rings is 1. The van der Waals surface area contributed by atoms with Gasteiger partial charge in [-0.3, -0.25) is 4.79 Å². The van der Waals surface area contributed by atoms with E-state index in [9.17, 15) is 4.79 Å². The number of halogens is 2. The average molecular weight is 347 g/mol. The summed E-state index contributed by atoms with van der Waals surface area (Å²) in [5, 5.41) is 6.54. The number of carbonyl (C=O) groups excluding carboxylic acids is 1. The van der Waals surface area contributed by atoms with Gasteiger partial charge in [0.1, 0.15) is 0 Å². The van der Waals surface area contributed by atoms with Crippen molar-refractivity contribution in [3.8, 4) is 0 Å². The smallest absolute Gasteiger partial charge is 0.244 e. The van der Waals surface area contributed by atoms with Crippen LogP contribution in [0.3, 0.4) is 0 Å². The average Bonchev–Trinajstić information content (AvgIpc) is 2.84. The lowest BCUT2D eigenvalue weighted by Gasteiger charge is -2.28. The molecular formula is C13H17BrClN3O. The fraction of sp³-hybridized carbons (Fsp3) is 0.538. The zero-order valence-corrected chi connectivity index (χ0v) is 13.1. The molecule has 6 heteroatoms. The van der Waals surface area contributed by atoms with Crippen molar-refractivity contribution in [2.45, 2.75) is 38.1 Å². The molecule has 0 spiro atoms. The summed E-state index contributed by atoms with van der Waals surface area (Å²) in [6, 6.07) is 1.77. The summed E-state index contributed by atoms with van der Waals surface area (Å²) in [7, 11) is 0. The molecule has 1 saturated heterocycles. The number of nitrogens with one attached hydrogen (secondary N) is 2. The van der Waals surface area contributed by atoms with Crippen LogP contribution in [-0.4, -0.2) is 23.0 Å². The van der Waals surface area contributed by atoms with E-state index in [0.717, 1.165) is 36.7 Å². The van der Waals surface area contributed by atoms with Gasteiger partial charge in [-0.25, -0.2) is 4.98 Å². The van der Waals surface area contributed by atoms with Crippen LogP contribution in [0.1, 0.15) is 32.6 Å². The van der Waals surface area contributed by atoms with Crippen molar-refractivity contribution in [3.63, 3.8) is 0 Å². The van der Waals surface area contributed by atoms with Gasteiger partial charge < -0.3 is 10.6 Å². The van der Waals surface area contributed by atoms with E-state index in [0.29, 0.717) is 10.8 Å². The van der Waals surface area contributed by atoms with Gasteiger partial charge in [0.05, 0.1) is 11.2 Å². The molecule has 19 heavy (non-hydrogen) atoms. The molecule has 1 amide bonds. The molecule has 2 N–H and O–H groups in total. The lowest BCUT2D eigenvalue weighted by Crippen LogP contribution is -2.50. The maximum Gasteiger partial charge on any atom is 0.244 e. The molecule has 0 aromatic carbocycles. The van der Waals surface area contributed by atoms with Crippen molar-refractivity contribution in [2.24, 2.45) is 0 Å². The Labute approximate surface area is 126 Å². The quantitative estimate of drug-likeness (QED) is 0.822. The Hall–Kier alpha value is -0.650. The largest absolute Gasteiger partial charge is 0.322 e. The summed E-state index contributed by atoms with van der Waals surface area (Å²) in [5.41, 5.74) is 0.0886. The molecule has 1 fully saturated rings. The second-order valence-electron chi connectivity index (χ2n) is 4.81. The molecule has 4 nitrogen and oxygen atoms in total. The molecule has 1 unspecified atom stereocenters. The lowest BCUT2D eigenvalue weighted by molar-refractivity contribution is -0.122. The third-order valence-electron chi connectivity index (χ3n) is 3.41. The van der Waals surface area contributed by atoms with Gasteiger partial charge in [-0.15, -0.1) is 0 Å². The van der Waals surface area contributed by atoms with E-state index in [1.165, 1.54) is 0 Å². The minimum Gasteiger partial charge on any atom is -0.322 e. The summed E-state index contributed by atoms with van der Waals surface area (Å²) in [6.45, 7) is 2.97. The highest BCUT2D eigenvalue weighted by Gasteiger charge is 2.40. The van der Waals surface area contributed by atoms with Crippen molar-refractivity contribution in [2.75, 3.05) is 11.9 Å². The van der Waals surface area contributed by atoms with Crippen LogP contribution in [0.25, 0.3) is 0 Å². The Morgan fingerprint density at radius 1 is 1.68 bits per heavy atom. The van der Waals surface area contributed by atoms with E-state index in [-0.39, 0.29) is 5.91 Å². The van der Waals surface area contributed by atoms with Crippen molar-refractivity contribution >= 4 is 39.1 Å². The van der Waals surface area contributed by atoms with Crippen LogP contribution in [0.15, 0.2) is 16.7 Å². The summed E-state index contributed by atoms with van der Waals surface area (Å²) in [4.78, 5) is 16.5.